The van der Waals surface area contributed by atoms with Crippen LogP contribution >= 0.6 is 24.0 Å². The second kappa shape index (κ2) is 11.9. The largest absolute Gasteiger partial charge is 0.355 e. The molecule has 3 rings (SSSR count). The summed E-state index contributed by atoms with van der Waals surface area (Å²) >= 11 is 0. The Balaban J connectivity index is 0.00000280. The minimum atomic E-state index is 0. The van der Waals surface area contributed by atoms with Crippen LogP contribution in [0.5, 0.6) is 0 Å². The molecule has 2 aliphatic rings. The molecule has 1 saturated carbocycles. The zero-order valence-corrected chi connectivity index (χ0v) is 20.0. The highest BCUT2D eigenvalue weighted by atomic mass is 127. The van der Waals surface area contributed by atoms with Gasteiger partial charge in [-0.25, -0.2) is 0 Å². The van der Waals surface area contributed by atoms with Gasteiger partial charge in [0.05, 0.1) is 0 Å². The maximum Gasteiger partial charge on any atom is 0.191 e. The van der Waals surface area contributed by atoms with E-state index in [0.29, 0.717) is 5.54 Å². The van der Waals surface area contributed by atoms with E-state index in [-0.39, 0.29) is 24.0 Å². The van der Waals surface area contributed by atoms with Gasteiger partial charge in [-0.05, 0) is 38.8 Å². The third kappa shape index (κ3) is 6.05. The Labute approximate surface area is 187 Å². The number of likely N-dealkylation sites (tertiary alicyclic amines) is 1. The van der Waals surface area contributed by atoms with Gasteiger partial charge >= 0.3 is 0 Å². The molecule has 2 N–H and O–H groups in total. The number of hydrogen-bond acceptors (Lipinski definition) is 4. The number of aryl methyl sites for hydroxylation is 1. The first kappa shape index (κ1) is 23.4. The van der Waals surface area contributed by atoms with Gasteiger partial charge in [0.2, 0.25) is 0 Å². The van der Waals surface area contributed by atoms with Crippen LogP contribution < -0.4 is 10.6 Å². The standard InChI is InChI=1S/C20H37N7.HI/c1-3-18-25-24-17-26(18)15-12-22-19(21-2)23-16-20(10-6-4-7-11-20)27-13-8-5-9-14-27;/h17H,3-16H2,1-2H3,(H2,21,22,23);1H. The fourth-order valence-corrected chi connectivity index (χ4v) is 4.69. The number of hydrogen-bond donors (Lipinski definition) is 2. The van der Waals surface area contributed by atoms with Gasteiger partial charge < -0.3 is 15.2 Å². The van der Waals surface area contributed by atoms with Crippen LogP contribution in [-0.4, -0.2) is 64.4 Å². The molecular formula is C20H38IN7. The van der Waals surface area contributed by atoms with E-state index in [0.717, 1.165) is 37.8 Å². The number of halogens is 1. The van der Waals surface area contributed by atoms with Crippen LogP contribution in [0.15, 0.2) is 11.3 Å². The zero-order chi connectivity index (χ0) is 19.0. The van der Waals surface area contributed by atoms with Crippen LogP contribution in [0.25, 0.3) is 0 Å². The highest BCUT2D eigenvalue weighted by Crippen LogP contribution is 2.35. The predicted molar refractivity (Wildman–Crippen MR) is 125 cm³/mol. The maximum atomic E-state index is 4.45. The van der Waals surface area contributed by atoms with E-state index in [4.69, 9.17) is 0 Å². The fraction of sp³-hybridized carbons (Fsp3) is 0.850. The normalized spacial score (nSPS) is 20.4. The van der Waals surface area contributed by atoms with Gasteiger partial charge in [0.1, 0.15) is 12.2 Å². The molecule has 2 heterocycles. The Morgan fingerprint density at radius 2 is 1.82 bits per heavy atom. The van der Waals surface area contributed by atoms with Crippen LogP contribution in [0, 0.1) is 0 Å². The molecule has 0 unspecified atom stereocenters. The van der Waals surface area contributed by atoms with Crippen molar-refractivity contribution >= 4 is 29.9 Å². The summed E-state index contributed by atoms with van der Waals surface area (Å²) in [4.78, 5) is 7.22. The van der Waals surface area contributed by atoms with Crippen molar-refractivity contribution in [3.8, 4) is 0 Å². The van der Waals surface area contributed by atoms with Gasteiger partial charge in [-0.15, -0.1) is 34.2 Å². The van der Waals surface area contributed by atoms with Gasteiger partial charge in [0.25, 0.3) is 0 Å². The van der Waals surface area contributed by atoms with Gasteiger partial charge in [-0.1, -0.05) is 32.6 Å². The molecule has 0 radical (unpaired) electrons. The molecule has 7 nitrogen and oxygen atoms in total. The highest BCUT2D eigenvalue weighted by molar-refractivity contribution is 14.0. The summed E-state index contributed by atoms with van der Waals surface area (Å²) in [5.74, 6) is 1.94. The van der Waals surface area contributed by atoms with Gasteiger partial charge in [-0.3, -0.25) is 9.89 Å². The third-order valence-corrected chi connectivity index (χ3v) is 6.28. The van der Waals surface area contributed by atoms with Gasteiger partial charge in [-0.2, -0.15) is 0 Å². The number of guanidine groups is 1. The van der Waals surface area contributed by atoms with E-state index in [2.05, 4.69) is 42.2 Å². The summed E-state index contributed by atoms with van der Waals surface area (Å²) in [5, 5.41) is 15.3. The first-order valence-corrected chi connectivity index (χ1v) is 10.8. The monoisotopic (exact) mass is 503 g/mol. The fourth-order valence-electron chi connectivity index (χ4n) is 4.69. The summed E-state index contributed by atoms with van der Waals surface area (Å²) in [6, 6.07) is 0. The topological polar surface area (TPSA) is 70.4 Å². The molecule has 0 amide bonds. The lowest BCUT2D eigenvalue weighted by Gasteiger charge is -2.48. The van der Waals surface area contributed by atoms with E-state index in [9.17, 15) is 0 Å². The number of rotatable bonds is 7. The number of nitrogens with zero attached hydrogens (tertiary/aromatic N) is 5. The van der Waals surface area contributed by atoms with Crippen molar-refractivity contribution in [2.24, 2.45) is 4.99 Å². The van der Waals surface area contributed by atoms with Crippen molar-refractivity contribution in [3.63, 3.8) is 0 Å². The molecule has 0 atom stereocenters. The molecule has 2 fully saturated rings. The van der Waals surface area contributed by atoms with Gasteiger partial charge in [0.15, 0.2) is 5.96 Å². The second-order valence-corrected chi connectivity index (χ2v) is 7.98. The molecule has 160 valence electrons. The van der Waals surface area contributed by atoms with Crippen LogP contribution in [0.1, 0.15) is 64.1 Å². The first-order chi connectivity index (χ1) is 13.3. The number of nitrogens with one attached hydrogen (secondary N) is 2. The van der Waals surface area contributed by atoms with E-state index in [1.54, 1.807) is 0 Å². The molecule has 0 spiro atoms. The first-order valence-electron chi connectivity index (χ1n) is 10.8. The smallest absolute Gasteiger partial charge is 0.191 e. The SMILES string of the molecule is CCc1nncn1CCNC(=NC)NCC1(N2CCCCC2)CCCCC1.I. The van der Waals surface area contributed by atoms with E-state index >= 15 is 0 Å². The summed E-state index contributed by atoms with van der Waals surface area (Å²) in [6.07, 6.45) is 13.6. The van der Waals surface area contributed by atoms with Crippen LogP contribution in [0.3, 0.4) is 0 Å². The van der Waals surface area contributed by atoms with Crippen molar-refractivity contribution in [3.05, 3.63) is 12.2 Å². The summed E-state index contributed by atoms with van der Waals surface area (Å²) in [5.41, 5.74) is 0.319. The van der Waals surface area contributed by atoms with Crippen LogP contribution in [-0.2, 0) is 13.0 Å². The zero-order valence-electron chi connectivity index (χ0n) is 17.6. The molecule has 1 aromatic rings. The Bertz CT molecular complexity index is 589. The van der Waals surface area contributed by atoms with Crippen molar-refractivity contribution in [2.75, 3.05) is 33.2 Å². The lowest BCUT2D eigenvalue weighted by molar-refractivity contribution is 0.0368. The van der Waals surface area contributed by atoms with Crippen molar-refractivity contribution in [1.29, 1.82) is 0 Å². The molecule has 1 aliphatic heterocycles. The Morgan fingerprint density at radius 1 is 1.11 bits per heavy atom. The second-order valence-electron chi connectivity index (χ2n) is 7.98. The summed E-state index contributed by atoms with van der Waals surface area (Å²) in [7, 11) is 1.86. The van der Waals surface area contributed by atoms with Crippen LogP contribution in [0.4, 0.5) is 0 Å². The predicted octanol–water partition coefficient (Wildman–Crippen LogP) is 2.81. The molecule has 28 heavy (non-hydrogen) atoms. The van der Waals surface area contributed by atoms with Crippen LogP contribution in [0.2, 0.25) is 0 Å². The third-order valence-electron chi connectivity index (χ3n) is 6.28. The Morgan fingerprint density at radius 3 is 2.50 bits per heavy atom. The number of aliphatic imine (C=N–C) groups is 1. The average molecular weight is 503 g/mol. The molecule has 1 aliphatic carbocycles. The van der Waals surface area contributed by atoms with Gasteiger partial charge in [0, 0.05) is 38.6 Å². The molecule has 0 aromatic carbocycles. The summed E-state index contributed by atoms with van der Waals surface area (Å²) < 4.78 is 2.11. The van der Waals surface area contributed by atoms with E-state index in [1.165, 1.54) is 64.5 Å². The summed E-state index contributed by atoms with van der Waals surface area (Å²) in [6.45, 7) is 7.32. The maximum absolute atomic E-state index is 4.45. The molecule has 1 aromatic heterocycles. The van der Waals surface area contributed by atoms with Crippen molar-refractivity contribution in [1.82, 2.24) is 30.3 Å². The van der Waals surface area contributed by atoms with E-state index in [1.807, 2.05) is 13.4 Å². The molecule has 0 bridgehead atoms. The van der Waals surface area contributed by atoms with Crippen molar-refractivity contribution in [2.45, 2.75) is 76.8 Å². The molecular weight excluding hydrogens is 465 g/mol. The molecule has 1 saturated heterocycles. The molecule has 8 heteroatoms. The lowest BCUT2D eigenvalue weighted by atomic mass is 9.79. The average Bonchev–Trinajstić information content (AvgIpc) is 3.19. The lowest BCUT2D eigenvalue weighted by Crippen LogP contribution is -2.59. The minimum absolute atomic E-state index is 0. The number of piperidine rings is 1. The van der Waals surface area contributed by atoms with E-state index < -0.39 is 0 Å². The quantitative estimate of drug-likeness (QED) is 0.340. The minimum Gasteiger partial charge on any atom is -0.355 e. The van der Waals surface area contributed by atoms with Crippen molar-refractivity contribution < 1.29 is 0 Å². The Kier molecular flexibility index (Phi) is 9.98. The number of aromatic nitrogens is 3. The Hall–Kier alpha value is -0.900. The highest BCUT2D eigenvalue weighted by Gasteiger charge is 2.38.